The van der Waals surface area contributed by atoms with Crippen LogP contribution in [0.4, 0.5) is 5.82 Å². The zero-order chi connectivity index (χ0) is 12.3. The summed E-state index contributed by atoms with van der Waals surface area (Å²) in [6.07, 6.45) is 2.56. The van der Waals surface area contributed by atoms with Crippen LogP contribution in [0.15, 0.2) is 30.5 Å². The molecule has 0 aliphatic rings. The van der Waals surface area contributed by atoms with Gasteiger partial charge in [0.05, 0.1) is 0 Å². The van der Waals surface area contributed by atoms with Crippen LogP contribution in [0.25, 0.3) is 0 Å². The summed E-state index contributed by atoms with van der Waals surface area (Å²) in [6, 6.07) is 8.41. The van der Waals surface area contributed by atoms with Gasteiger partial charge < -0.3 is 5.32 Å². The number of hydrogen-bond acceptors (Lipinski definition) is 3. The Balaban J connectivity index is 2.24. The van der Waals surface area contributed by atoms with E-state index in [1.807, 2.05) is 13.1 Å². The molecule has 0 radical (unpaired) electrons. The Morgan fingerprint density at radius 1 is 1.12 bits per heavy atom. The summed E-state index contributed by atoms with van der Waals surface area (Å²) in [6.45, 7) is 4.22. The van der Waals surface area contributed by atoms with Crippen LogP contribution >= 0.6 is 0 Å². The van der Waals surface area contributed by atoms with Gasteiger partial charge in [-0.05, 0) is 25.5 Å². The number of benzene rings is 1. The fourth-order valence-electron chi connectivity index (χ4n) is 1.98. The second kappa shape index (κ2) is 4.95. The molecule has 3 nitrogen and oxygen atoms in total. The summed E-state index contributed by atoms with van der Waals surface area (Å²) in [5.41, 5.74) is 3.82. The van der Waals surface area contributed by atoms with Gasteiger partial charge in [-0.25, -0.2) is 9.97 Å². The molecule has 1 heterocycles. The normalized spacial score (nSPS) is 10.3. The number of nitrogens with zero attached hydrogens (tertiary/aromatic N) is 2. The predicted octanol–water partition coefficient (Wildman–Crippen LogP) is 2.73. The minimum absolute atomic E-state index is 0.776. The number of aryl methyl sites for hydroxylation is 2. The van der Waals surface area contributed by atoms with Crippen molar-refractivity contribution in [2.45, 2.75) is 20.3 Å². The van der Waals surface area contributed by atoms with Gasteiger partial charge in [0.1, 0.15) is 11.6 Å². The van der Waals surface area contributed by atoms with Crippen LogP contribution in [0.1, 0.15) is 22.5 Å². The lowest BCUT2D eigenvalue weighted by Gasteiger charge is -2.05. The van der Waals surface area contributed by atoms with Crippen LogP contribution in [0.2, 0.25) is 0 Å². The number of nitrogens with one attached hydrogen (secondary N) is 1. The average molecular weight is 227 g/mol. The average Bonchev–Trinajstić information content (AvgIpc) is 2.28. The Morgan fingerprint density at radius 2 is 1.82 bits per heavy atom. The highest BCUT2D eigenvalue weighted by molar-refractivity contribution is 5.34. The molecule has 0 aliphatic heterocycles. The largest absolute Gasteiger partial charge is 0.373 e. The second-order valence-corrected chi connectivity index (χ2v) is 4.28. The van der Waals surface area contributed by atoms with Crippen molar-refractivity contribution in [1.82, 2.24) is 9.97 Å². The summed E-state index contributed by atoms with van der Waals surface area (Å²) in [5, 5.41) is 3.02. The molecule has 0 saturated carbocycles. The van der Waals surface area contributed by atoms with Gasteiger partial charge in [-0.15, -0.1) is 0 Å². The molecule has 0 atom stereocenters. The maximum Gasteiger partial charge on any atom is 0.135 e. The van der Waals surface area contributed by atoms with E-state index >= 15 is 0 Å². The molecule has 2 aromatic rings. The smallest absolute Gasteiger partial charge is 0.135 e. The first kappa shape index (κ1) is 11.6. The van der Waals surface area contributed by atoms with Gasteiger partial charge >= 0.3 is 0 Å². The van der Waals surface area contributed by atoms with Gasteiger partial charge in [0.2, 0.25) is 0 Å². The molecule has 17 heavy (non-hydrogen) atoms. The lowest BCUT2D eigenvalue weighted by molar-refractivity contribution is 0.966. The van der Waals surface area contributed by atoms with Crippen LogP contribution in [0, 0.1) is 13.8 Å². The van der Waals surface area contributed by atoms with Crippen LogP contribution in [-0.2, 0) is 6.42 Å². The molecule has 3 heteroatoms. The number of aromatic nitrogens is 2. The van der Waals surface area contributed by atoms with E-state index in [-0.39, 0.29) is 0 Å². The summed E-state index contributed by atoms with van der Waals surface area (Å²) < 4.78 is 0. The number of rotatable bonds is 3. The summed E-state index contributed by atoms with van der Waals surface area (Å²) >= 11 is 0. The third-order valence-electron chi connectivity index (χ3n) is 2.61. The Morgan fingerprint density at radius 3 is 2.47 bits per heavy atom. The van der Waals surface area contributed by atoms with Crippen molar-refractivity contribution in [3.8, 4) is 0 Å². The minimum Gasteiger partial charge on any atom is -0.373 e. The highest BCUT2D eigenvalue weighted by atomic mass is 15.0. The zero-order valence-corrected chi connectivity index (χ0v) is 10.5. The standard InChI is InChI=1S/C14H17N3/c1-10-6-11(2)8-12(7-10)9-14-16-5-4-13(15-3)17-14/h4-8H,9H2,1-3H3,(H,15,16,17). The fraction of sp³-hybridized carbons (Fsp3) is 0.286. The third kappa shape index (κ3) is 3.03. The van der Waals surface area contributed by atoms with Crippen molar-refractivity contribution in [2.24, 2.45) is 0 Å². The van der Waals surface area contributed by atoms with Gasteiger partial charge in [0.25, 0.3) is 0 Å². The first-order valence-corrected chi connectivity index (χ1v) is 5.74. The second-order valence-electron chi connectivity index (χ2n) is 4.28. The van der Waals surface area contributed by atoms with E-state index < -0.39 is 0 Å². The highest BCUT2D eigenvalue weighted by Gasteiger charge is 2.02. The topological polar surface area (TPSA) is 37.8 Å². The van der Waals surface area contributed by atoms with E-state index in [2.05, 4.69) is 47.3 Å². The number of hydrogen-bond donors (Lipinski definition) is 1. The lowest BCUT2D eigenvalue weighted by atomic mass is 10.0. The van der Waals surface area contributed by atoms with Crippen molar-refractivity contribution in [3.05, 3.63) is 53.0 Å². The summed E-state index contributed by atoms with van der Waals surface area (Å²) in [5.74, 6) is 1.71. The maximum atomic E-state index is 4.42. The molecule has 0 unspecified atom stereocenters. The molecule has 1 N–H and O–H groups in total. The van der Waals surface area contributed by atoms with E-state index in [9.17, 15) is 0 Å². The van der Waals surface area contributed by atoms with Crippen molar-refractivity contribution in [1.29, 1.82) is 0 Å². The predicted molar refractivity (Wildman–Crippen MR) is 70.3 cm³/mol. The van der Waals surface area contributed by atoms with Crippen molar-refractivity contribution >= 4 is 5.82 Å². The molecule has 0 saturated heterocycles. The molecule has 88 valence electrons. The SMILES string of the molecule is CNc1ccnc(Cc2cc(C)cc(C)c2)n1. The Labute approximate surface area is 102 Å². The molecular formula is C14H17N3. The lowest BCUT2D eigenvalue weighted by Crippen LogP contribution is -2.00. The van der Waals surface area contributed by atoms with Gasteiger partial charge in [-0.2, -0.15) is 0 Å². The number of anilines is 1. The van der Waals surface area contributed by atoms with Crippen molar-refractivity contribution < 1.29 is 0 Å². The first-order chi connectivity index (χ1) is 8.17. The van der Waals surface area contributed by atoms with E-state index in [0.29, 0.717) is 0 Å². The molecular weight excluding hydrogens is 210 g/mol. The van der Waals surface area contributed by atoms with E-state index in [4.69, 9.17) is 0 Å². The third-order valence-corrected chi connectivity index (χ3v) is 2.61. The fourth-order valence-corrected chi connectivity index (χ4v) is 1.98. The Bertz CT molecular complexity index is 500. The van der Waals surface area contributed by atoms with Gasteiger partial charge in [-0.3, -0.25) is 0 Å². The van der Waals surface area contributed by atoms with Crippen LogP contribution < -0.4 is 5.32 Å². The highest BCUT2D eigenvalue weighted by Crippen LogP contribution is 2.12. The monoisotopic (exact) mass is 227 g/mol. The quantitative estimate of drug-likeness (QED) is 0.876. The van der Waals surface area contributed by atoms with Crippen molar-refractivity contribution in [3.63, 3.8) is 0 Å². The van der Waals surface area contributed by atoms with Crippen LogP contribution in [-0.4, -0.2) is 17.0 Å². The van der Waals surface area contributed by atoms with Crippen molar-refractivity contribution in [2.75, 3.05) is 12.4 Å². The molecule has 1 aromatic heterocycles. The zero-order valence-electron chi connectivity index (χ0n) is 10.5. The minimum atomic E-state index is 0.776. The molecule has 0 amide bonds. The summed E-state index contributed by atoms with van der Waals surface area (Å²) in [4.78, 5) is 8.71. The molecule has 2 rings (SSSR count). The Hall–Kier alpha value is -1.90. The molecule has 0 fully saturated rings. The van der Waals surface area contributed by atoms with E-state index in [1.54, 1.807) is 6.20 Å². The molecule has 0 spiro atoms. The van der Waals surface area contributed by atoms with Gasteiger partial charge in [0, 0.05) is 19.7 Å². The first-order valence-electron chi connectivity index (χ1n) is 5.74. The maximum absolute atomic E-state index is 4.42. The van der Waals surface area contributed by atoms with Crippen LogP contribution in [0.5, 0.6) is 0 Å². The van der Waals surface area contributed by atoms with E-state index in [1.165, 1.54) is 16.7 Å². The Kier molecular flexibility index (Phi) is 3.38. The molecule has 0 aliphatic carbocycles. The van der Waals surface area contributed by atoms with E-state index in [0.717, 1.165) is 18.1 Å². The molecule has 1 aromatic carbocycles. The summed E-state index contributed by atoms with van der Waals surface area (Å²) in [7, 11) is 1.86. The van der Waals surface area contributed by atoms with Gasteiger partial charge in [0.15, 0.2) is 0 Å². The van der Waals surface area contributed by atoms with Gasteiger partial charge in [-0.1, -0.05) is 29.3 Å². The molecule has 0 bridgehead atoms. The van der Waals surface area contributed by atoms with Crippen LogP contribution in [0.3, 0.4) is 0 Å².